The molecule has 0 atom stereocenters. The summed E-state index contributed by atoms with van der Waals surface area (Å²) in [6.45, 7) is 0. The zero-order valence-electron chi connectivity index (χ0n) is 16.2. The molecule has 0 saturated heterocycles. The van der Waals surface area contributed by atoms with Crippen LogP contribution in [0.5, 0.6) is 11.5 Å². The molecule has 3 aromatic rings. The SMILES string of the molecule is COc1cccc(C=NNC(=O)C(O)(c2ccccc2)c2ccccc2)c1OC. The minimum atomic E-state index is -1.89. The molecule has 6 nitrogen and oxygen atoms in total. The third kappa shape index (κ3) is 4.12. The molecule has 0 aliphatic carbocycles. The van der Waals surface area contributed by atoms with Gasteiger partial charge in [0, 0.05) is 5.56 Å². The maximum Gasteiger partial charge on any atom is 0.281 e. The number of carbonyl (C=O) groups excluding carboxylic acids is 1. The number of ether oxygens (including phenoxy) is 2. The Labute approximate surface area is 169 Å². The molecule has 0 bridgehead atoms. The van der Waals surface area contributed by atoms with Gasteiger partial charge < -0.3 is 14.6 Å². The fourth-order valence-electron chi connectivity index (χ4n) is 3.04. The summed E-state index contributed by atoms with van der Waals surface area (Å²) in [7, 11) is 3.07. The lowest BCUT2D eigenvalue weighted by molar-refractivity contribution is -0.136. The van der Waals surface area contributed by atoms with E-state index in [1.165, 1.54) is 13.3 Å². The zero-order chi connectivity index (χ0) is 20.7. The molecule has 0 heterocycles. The van der Waals surface area contributed by atoms with E-state index in [0.29, 0.717) is 28.2 Å². The van der Waals surface area contributed by atoms with Crippen molar-refractivity contribution in [3.05, 3.63) is 95.6 Å². The van der Waals surface area contributed by atoms with Crippen LogP contribution in [0, 0.1) is 0 Å². The molecule has 0 spiro atoms. The van der Waals surface area contributed by atoms with Gasteiger partial charge in [0.15, 0.2) is 17.1 Å². The number of carbonyl (C=O) groups is 1. The van der Waals surface area contributed by atoms with Crippen molar-refractivity contribution in [1.29, 1.82) is 0 Å². The lowest BCUT2D eigenvalue weighted by atomic mass is 9.85. The molecule has 2 N–H and O–H groups in total. The second-order valence-electron chi connectivity index (χ2n) is 6.22. The van der Waals surface area contributed by atoms with Crippen LogP contribution in [0.1, 0.15) is 16.7 Å². The molecule has 0 radical (unpaired) electrons. The maximum absolute atomic E-state index is 13.0. The second kappa shape index (κ2) is 9.03. The van der Waals surface area contributed by atoms with Gasteiger partial charge in [-0.05, 0) is 23.3 Å². The summed E-state index contributed by atoms with van der Waals surface area (Å²) >= 11 is 0. The Kier molecular flexibility index (Phi) is 6.26. The molecular weight excluding hydrogens is 368 g/mol. The van der Waals surface area contributed by atoms with E-state index in [1.807, 2.05) is 12.1 Å². The van der Waals surface area contributed by atoms with Gasteiger partial charge in [0.05, 0.1) is 20.4 Å². The van der Waals surface area contributed by atoms with Gasteiger partial charge in [-0.2, -0.15) is 5.10 Å². The van der Waals surface area contributed by atoms with Crippen LogP contribution in [-0.2, 0) is 10.4 Å². The number of rotatable bonds is 7. The van der Waals surface area contributed by atoms with Crippen LogP contribution in [0.15, 0.2) is 84.0 Å². The van der Waals surface area contributed by atoms with E-state index >= 15 is 0 Å². The number of nitrogens with zero attached hydrogens (tertiary/aromatic N) is 1. The lowest BCUT2D eigenvalue weighted by Crippen LogP contribution is -2.43. The molecule has 3 rings (SSSR count). The maximum atomic E-state index is 13.0. The predicted molar refractivity (Wildman–Crippen MR) is 111 cm³/mol. The highest BCUT2D eigenvalue weighted by atomic mass is 16.5. The molecule has 6 heteroatoms. The smallest absolute Gasteiger partial charge is 0.281 e. The van der Waals surface area contributed by atoms with Crippen LogP contribution < -0.4 is 14.9 Å². The molecule has 0 aromatic heterocycles. The molecule has 0 aliphatic rings. The zero-order valence-corrected chi connectivity index (χ0v) is 16.2. The molecule has 148 valence electrons. The fourth-order valence-corrected chi connectivity index (χ4v) is 3.04. The van der Waals surface area contributed by atoms with Crippen molar-refractivity contribution >= 4 is 12.1 Å². The number of nitrogens with one attached hydrogen (secondary N) is 1. The van der Waals surface area contributed by atoms with Gasteiger partial charge in [-0.3, -0.25) is 4.79 Å². The predicted octanol–water partition coefficient (Wildman–Crippen LogP) is 3.09. The molecule has 29 heavy (non-hydrogen) atoms. The van der Waals surface area contributed by atoms with Gasteiger partial charge in [0.25, 0.3) is 5.91 Å². The van der Waals surface area contributed by atoms with Gasteiger partial charge in [-0.25, -0.2) is 5.43 Å². The van der Waals surface area contributed by atoms with E-state index in [1.54, 1.807) is 73.8 Å². The minimum Gasteiger partial charge on any atom is -0.493 e. The van der Waals surface area contributed by atoms with Crippen LogP contribution >= 0.6 is 0 Å². The second-order valence-corrected chi connectivity index (χ2v) is 6.22. The van der Waals surface area contributed by atoms with Crippen molar-refractivity contribution in [2.75, 3.05) is 14.2 Å². The van der Waals surface area contributed by atoms with E-state index < -0.39 is 11.5 Å². The molecule has 1 amide bonds. The fraction of sp³-hybridized carbons (Fsp3) is 0.130. The van der Waals surface area contributed by atoms with Gasteiger partial charge in [0.1, 0.15) is 0 Å². The molecule has 0 unspecified atom stereocenters. The third-order valence-corrected chi connectivity index (χ3v) is 4.51. The van der Waals surface area contributed by atoms with Crippen molar-refractivity contribution in [3.63, 3.8) is 0 Å². The van der Waals surface area contributed by atoms with Gasteiger partial charge in [-0.1, -0.05) is 66.7 Å². The summed E-state index contributed by atoms with van der Waals surface area (Å²) in [5, 5.41) is 15.4. The summed E-state index contributed by atoms with van der Waals surface area (Å²) in [4.78, 5) is 13.0. The summed E-state index contributed by atoms with van der Waals surface area (Å²) in [6, 6.07) is 22.8. The van der Waals surface area contributed by atoms with Crippen molar-refractivity contribution < 1.29 is 19.4 Å². The summed E-state index contributed by atoms with van der Waals surface area (Å²) < 4.78 is 10.6. The Hall–Kier alpha value is -3.64. The number of methoxy groups -OCH3 is 2. The Morgan fingerprint density at radius 2 is 1.48 bits per heavy atom. The van der Waals surface area contributed by atoms with Crippen LogP contribution in [0.4, 0.5) is 0 Å². The number of para-hydroxylation sites is 1. The number of benzene rings is 3. The Bertz CT molecular complexity index is 949. The number of hydrogen-bond acceptors (Lipinski definition) is 5. The number of amides is 1. The summed E-state index contributed by atoms with van der Waals surface area (Å²) in [5.74, 6) is 0.371. The van der Waals surface area contributed by atoms with E-state index in [0.717, 1.165) is 0 Å². The normalized spacial score (nSPS) is 11.3. The number of hydrogen-bond donors (Lipinski definition) is 2. The van der Waals surface area contributed by atoms with E-state index in [2.05, 4.69) is 10.5 Å². The van der Waals surface area contributed by atoms with Crippen molar-refractivity contribution in [2.24, 2.45) is 5.10 Å². The van der Waals surface area contributed by atoms with Crippen LogP contribution in [0.2, 0.25) is 0 Å². The third-order valence-electron chi connectivity index (χ3n) is 4.51. The molecule has 0 saturated carbocycles. The summed E-state index contributed by atoms with van der Waals surface area (Å²) in [6.07, 6.45) is 1.44. The number of hydrazone groups is 1. The highest BCUT2D eigenvalue weighted by Crippen LogP contribution is 2.31. The minimum absolute atomic E-state index is 0.442. The molecular formula is C23H22N2O4. The number of aliphatic hydroxyl groups is 1. The highest BCUT2D eigenvalue weighted by molar-refractivity contribution is 5.91. The van der Waals surface area contributed by atoms with Gasteiger partial charge in [-0.15, -0.1) is 0 Å². The lowest BCUT2D eigenvalue weighted by Gasteiger charge is -2.27. The molecule has 0 fully saturated rings. The Morgan fingerprint density at radius 3 is 2.00 bits per heavy atom. The molecule has 3 aromatic carbocycles. The van der Waals surface area contributed by atoms with E-state index in [9.17, 15) is 9.90 Å². The average molecular weight is 390 g/mol. The van der Waals surface area contributed by atoms with Crippen LogP contribution in [0.25, 0.3) is 0 Å². The first-order valence-electron chi connectivity index (χ1n) is 8.99. The molecule has 0 aliphatic heterocycles. The largest absolute Gasteiger partial charge is 0.493 e. The Morgan fingerprint density at radius 1 is 0.897 bits per heavy atom. The topological polar surface area (TPSA) is 80.2 Å². The Balaban J connectivity index is 1.90. The van der Waals surface area contributed by atoms with Gasteiger partial charge in [0.2, 0.25) is 0 Å². The van der Waals surface area contributed by atoms with Crippen molar-refractivity contribution in [1.82, 2.24) is 5.43 Å². The van der Waals surface area contributed by atoms with E-state index in [-0.39, 0.29) is 0 Å². The standard InChI is InChI=1S/C23H22N2O4/c1-28-20-15-9-10-17(21(20)29-2)16-24-25-22(26)23(27,18-11-5-3-6-12-18)19-13-7-4-8-14-19/h3-16,27H,1-2H3,(H,25,26). The van der Waals surface area contributed by atoms with Crippen LogP contribution in [-0.4, -0.2) is 31.4 Å². The van der Waals surface area contributed by atoms with Gasteiger partial charge >= 0.3 is 0 Å². The van der Waals surface area contributed by atoms with E-state index in [4.69, 9.17) is 9.47 Å². The van der Waals surface area contributed by atoms with Crippen molar-refractivity contribution in [2.45, 2.75) is 5.60 Å². The highest BCUT2D eigenvalue weighted by Gasteiger charge is 2.39. The quantitative estimate of drug-likeness (QED) is 0.480. The monoisotopic (exact) mass is 390 g/mol. The summed E-state index contributed by atoms with van der Waals surface area (Å²) in [5.41, 5.74) is 2.06. The first-order chi connectivity index (χ1) is 14.1. The van der Waals surface area contributed by atoms with Crippen molar-refractivity contribution in [3.8, 4) is 11.5 Å². The van der Waals surface area contributed by atoms with Crippen LogP contribution in [0.3, 0.4) is 0 Å². The first kappa shape index (κ1) is 20.1. The average Bonchev–Trinajstić information content (AvgIpc) is 2.79. The first-order valence-corrected chi connectivity index (χ1v) is 8.99.